The normalized spacial score (nSPS) is 19.8. The number of aliphatic hydroxyl groups is 1. The second kappa shape index (κ2) is 6.89. The minimum absolute atomic E-state index is 0.655. The Kier molecular flexibility index (Phi) is 5.80. The number of hydrogen-bond donors (Lipinski definition) is 2. The molecule has 0 aliphatic carbocycles. The molecule has 1 atom stereocenters. The number of rotatable bonds is 7. The molecule has 4 nitrogen and oxygen atoms in total. The molecule has 1 aliphatic rings. The lowest BCUT2D eigenvalue weighted by atomic mass is 9.97. The van der Waals surface area contributed by atoms with Gasteiger partial charge in [-0.05, 0) is 38.8 Å². The molecule has 0 aromatic carbocycles. The van der Waals surface area contributed by atoms with Gasteiger partial charge in [0, 0.05) is 13.7 Å². The van der Waals surface area contributed by atoms with Crippen LogP contribution in [0.2, 0.25) is 0 Å². The van der Waals surface area contributed by atoms with Crippen molar-refractivity contribution in [3.63, 3.8) is 0 Å². The Morgan fingerprint density at radius 1 is 1.56 bits per heavy atom. The Bertz CT molecular complexity index is 226. The Morgan fingerprint density at radius 2 is 2.38 bits per heavy atom. The summed E-state index contributed by atoms with van der Waals surface area (Å²) >= 11 is 0. The van der Waals surface area contributed by atoms with E-state index in [4.69, 9.17) is 9.47 Å². The van der Waals surface area contributed by atoms with E-state index in [1.807, 2.05) is 13.0 Å². The van der Waals surface area contributed by atoms with Crippen LogP contribution in [0, 0.1) is 0 Å². The van der Waals surface area contributed by atoms with E-state index in [-0.39, 0.29) is 0 Å². The molecule has 16 heavy (non-hydrogen) atoms. The van der Waals surface area contributed by atoms with Crippen LogP contribution in [0.5, 0.6) is 0 Å². The van der Waals surface area contributed by atoms with Crippen LogP contribution in [-0.4, -0.2) is 44.1 Å². The molecule has 1 unspecified atom stereocenters. The third-order valence-corrected chi connectivity index (χ3v) is 2.74. The summed E-state index contributed by atoms with van der Waals surface area (Å²) in [5, 5.41) is 13.4. The van der Waals surface area contributed by atoms with Gasteiger partial charge >= 0.3 is 0 Å². The van der Waals surface area contributed by atoms with Crippen molar-refractivity contribution in [3.8, 4) is 0 Å². The van der Waals surface area contributed by atoms with Gasteiger partial charge in [-0.15, -0.1) is 0 Å². The molecule has 1 heterocycles. The third-order valence-electron chi connectivity index (χ3n) is 2.74. The molecule has 1 rings (SSSR count). The second-order valence-corrected chi connectivity index (χ2v) is 4.33. The van der Waals surface area contributed by atoms with Crippen LogP contribution in [-0.2, 0) is 9.47 Å². The van der Waals surface area contributed by atoms with Crippen LogP contribution in [0.15, 0.2) is 11.8 Å². The fourth-order valence-electron chi connectivity index (χ4n) is 1.69. The number of ether oxygens (including phenoxy) is 2. The van der Waals surface area contributed by atoms with Gasteiger partial charge in [-0.1, -0.05) is 0 Å². The summed E-state index contributed by atoms with van der Waals surface area (Å²) in [5.41, 5.74) is -0.847. The highest BCUT2D eigenvalue weighted by atomic mass is 16.5. The van der Waals surface area contributed by atoms with E-state index in [2.05, 4.69) is 5.32 Å². The van der Waals surface area contributed by atoms with Gasteiger partial charge in [0.2, 0.25) is 0 Å². The third kappa shape index (κ3) is 4.51. The average Bonchev–Trinajstić information content (AvgIpc) is 2.30. The molecular formula is C12H23NO3. The highest BCUT2D eigenvalue weighted by molar-refractivity contribution is 5.09. The largest absolute Gasteiger partial charge is 0.495 e. The molecule has 0 bridgehead atoms. The van der Waals surface area contributed by atoms with E-state index in [1.54, 1.807) is 7.11 Å². The summed E-state index contributed by atoms with van der Waals surface area (Å²) in [7, 11) is 1.68. The van der Waals surface area contributed by atoms with Gasteiger partial charge in [0.25, 0.3) is 0 Å². The van der Waals surface area contributed by atoms with Gasteiger partial charge in [0.05, 0.1) is 13.2 Å². The summed E-state index contributed by atoms with van der Waals surface area (Å²) < 4.78 is 10.4. The quantitative estimate of drug-likeness (QED) is 0.641. The predicted molar refractivity (Wildman–Crippen MR) is 63.3 cm³/mol. The van der Waals surface area contributed by atoms with Crippen LogP contribution in [0.1, 0.15) is 26.2 Å². The standard InChI is InChI=1S/C12H23NO3/c1-12(14,6-7-13-8-10-15-2)11-5-3-4-9-16-11/h5,13-14H,3-4,6-10H2,1-2H3. The number of nitrogens with one attached hydrogen (secondary N) is 1. The van der Waals surface area contributed by atoms with Crippen LogP contribution in [0.3, 0.4) is 0 Å². The molecule has 0 aromatic rings. The zero-order valence-electron chi connectivity index (χ0n) is 10.3. The monoisotopic (exact) mass is 229 g/mol. The zero-order valence-corrected chi connectivity index (χ0v) is 10.3. The molecule has 4 heteroatoms. The maximum atomic E-state index is 10.2. The van der Waals surface area contributed by atoms with Crippen molar-refractivity contribution in [1.29, 1.82) is 0 Å². The fourth-order valence-corrected chi connectivity index (χ4v) is 1.69. The summed E-state index contributed by atoms with van der Waals surface area (Å²) in [4.78, 5) is 0. The number of hydrogen-bond acceptors (Lipinski definition) is 4. The van der Waals surface area contributed by atoms with E-state index in [1.165, 1.54) is 0 Å². The molecule has 0 fully saturated rings. The second-order valence-electron chi connectivity index (χ2n) is 4.33. The first-order valence-electron chi connectivity index (χ1n) is 5.92. The molecule has 0 saturated carbocycles. The van der Waals surface area contributed by atoms with Crippen molar-refractivity contribution in [1.82, 2.24) is 5.32 Å². The van der Waals surface area contributed by atoms with Gasteiger partial charge in [0.15, 0.2) is 0 Å². The Balaban J connectivity index is 2.25. The smallest absolute Gasteiger partial charge is 0.123 e. The number of allylic oxidation sites excluding steroid dienone is 1. The van der Waals surface area contributed by atoms with Crippen molar-refractivity contribution in [2.24, 2.45) is 0 Å². The Hall–Kier alpha value is -0.580. The van der Waals surface area contributed by atoms with Gasteiger partial charge in [-0.25, -0.2) is 0 Å². The van der Waals surface area contributed by atoms with E-state index >= 15 is 0 Å². The Labute approximate surface area is 97.6 Å². The van der Waals surface area contributed by atoms with Crippen molar-refractivity contribution in [2.45, 2.75) is 31.8 Å². The first-order valence-corrected chi connectivity index (χ1v) is 5.92. The number of methoxy groups -OCH3 is 1. The van der Waals surface area contributed by atoms with Crippen molar-refractivity contribution in [2.75, 3.05) is 33.4 Å². The van der Waals surface area contributed by atoms with Crippen LogP contribution < -0.4 is 5.32 Å². The summed E-state index contributed by atoms with van der Waals surface area (Å²) in [6, 6.07) is 0. The van der Waals surface area contributed by atoms with Crippen molar-refractivity contribution < 1.29 is 14.6 Å². The lowest BCUT2D eigenvalue weighted by Crippen LogP contribution is -2.34. The molecule has 0 amide bonds. The summed E-state index contributed by atoms with van der Waals surface area (Å²) in [6.45, 7) is 4.80. The maximum Gasteiger partial charge on any atom is 0.123 e. The maximum absolute atomic E-state index is 10.2. The first-order chi connectivity index (χ1) is 7.67. The van der Waals surface area contributed by atoms with E-state index in [9.17, 15) is 5.11 Å². The van der Waals surface area contributed by atoms with E-state index in [0.29, 0.717) is 13.0 Å². The molecule has 0 saturated heterocycles. The van der Waals surface area contributed by atoms with Crippen LogP contribution in [0.25, 0.3) is 0 Å². The topological polar surface area (TPSA) is 50.7 Å². The van der Waals surface area contributed by atoms with Gasteiger partial charge in [-0.2, -0.15) is 0 Å². The molecular weight excluding hydrogens is 206 g/mol. The molecule has 0 aromatic heterocycles. The van der Waals surface area contributed by atoms with Crippen LogP contribution in [0.4, 0.5) is 0 Å². The Morgan fingerprint density at radius 3 is 3.00 bits per heavy atom. The minimum atomic E-state index is -0.847. The van der Waals surface area contributed by atoms with E-state index < -0.39 is 5.60 Å². The average molecular weight is 229 g/mol. The van der Waals surface area contributed by atoms with Crippen molar-refractivity contribution >= 4 is 0 Å². The van der Waals surface area contributed by atoms with Gasteiger partial charge < -0.3 is 19.9 Å². The van der Waals surface area contributed by atoms with Crippen LogP contribution >= 0.6 is 0 Å². The highest BCUT2D eigenvalue weighted by Crippen LogP contribution is 2.25. The summed E-state index contributed by atoms with van der Waals surface area (Å²) in [5.74, 6) is 0.729. The molecule has 0 radical (unpaired) electrons. The first kappa shape index (κ1) is 13.5. The molecule has 94 valence electrons. The highest BCUT2D eigenvalue weighted by Gasteiger charge is 2.27. The lowest BCUT2D eigenvalue weighted by molar-refractivity contribution is 0.0121. The molecule has 2 N–H and O–H groups in total. The van der Waals surface area contributed by atoms with Gasteiger partial charge in [-0.3, -0.25) is 0 Å². The fraction of sp³-hybridized carbons (Fsp3) is 0.833. The van der Waals surface area contributed by atoms with Crippen molar-refractivity contribution in [3.05, 3.63) is 11.8 Å². The van der Waals surface area contributed by atoms with Gasteiger partial charge in [0.1, 0.15) is 11.4 Å². The molecule has 1 aliphatic heterocycles. The summed E-state index contributed by atoms with van der Waals surface area (Å²) in [6.07, 6.45) is 4.70. The molecule has 0 spiro atoms. The van der Waals surface area contributed by atoms with E-state index in [0.717, 1.165) is 38.3 Å². The zero-order chi connectivity index (χ0) is 11.9. The SMILES string of the molecule is COCCNCCC(C)(O)C1=CCCCO1. The lowest BCUT2D eigenvalue weighted by Gasteiger charge is -2.29. The minimum Gasteiger partial charge on any atom is -0.495 e. The predicted octanol–water partition coefficient (Wildman–Crippen LogP) is 1.06.